The van der Waals surface area contributed by atoms with Crippen LogP contribution in [0.3, 0.4) is 0 Å². The Morgan fingerprint density at radius 1 is 1.77 bits per heavy atom. The van der Waals surface area contributed by atoms with Gasteiger partial charge < -0.3 is 15.0 Å². The molecule has 6 heteroatoms. The van der Waals surface area contributed by atoms with Crippen LogP contribution in [0.2, 0.25) is 5.65 Å². The number of hydrazone groups is 1. The molecule has 0 amide bonds. The highest BCUT2D eigenvalue weighted by Crippen LogP contribution is 2.22. The first-order valence-corrected chi connectivity index (χ1v) is 5.42. The molecule has 0 radical (unpaired) electrons. The highest BCUT2D eigenvalue weighted by molar-refractivity contribution is 5.99. The van der Waals surface area contributed by atoms with E-state index in [-0.39, 0.29) is 4.98 Å². The van der Waals surface area contributed by atoms with E-state index in [4.69, 9.17) is 31.7 Å². The van der Waals surface area contributed by atoms with Crippen LogP contribution in [0.25, 0.3) is 10.9 Å². The van der Waals surface area contributed by atoms with Gasteiger partial charge in [0.2, 0.25) is 5.96 Å². The number of ether oxygens (including phenoxy) is 1. The van der Waals surface area contributed by atoms with Crippen LogP contribution in [0.15, 0.2) is 29.4 Å². The molecular formula is C16H23N5O. The van der Waals surface area contributed by atoms with E-state index in [0.29, 0.717) is 0 Å². The number of H-pyrrole nitrogens is 1. The molecule has 0 bridgehead atoms. The van der Waals surface area contributed by atoms with E-state index in [0.717, 1.165) is 0 Å². The number of rotatable bonds is 7. The van der Waals surface area contributed by atoms with Crippen LogP contribution in [0.4, 0.5) is 0 Å². The van der Waals surface area contributed by atoms with Gasteiger partial charge in [-0.3, -0.25) is 5.40 Å². The first-order valence-electron chi connectivity index (χ1n) is 16.7. The quantitative estimate of drug-likeness (QED) is 0.359. The SMILES string of the molecule is [2H]N=C(N([2H])/N=C(\[2H])c1c([2H])n([2H])c2c([2H])c([2H])c(OC([2H])([2H])[2H])c([2H])c12)N([2H])C([2H])([2H])C([2H])([2H])C([2H])([2H])C([2H])([2H])C([2H])([2H])[2H]. The monoisotopic (exact) mass is 324 g/mol. The Labute approximate surface area is 163 Å². The molecule has 0 saturated carbocycles. The third-order valence-corrected chi connectivity index (χ3v) is 2.04. The number of nitrogens with zero attached hydrogens (tertiary/aromatic N) is 1. The van der Waals surface area contributed by atoms with Crippen molar-refractivity contribution >= 4 is 23.1 Å². The van der Waals surface area contributed by atoms with Crippen LogP contribution in [0, 0.1) is 5.40 Å². The predicted octanol–water partition coefficient (Wildman–Crippen LogP) is 2.81. The maximum atomic E-state index is 8.33. The molecular weight excluding hydrogens is 278 g/mol. The molecule has 0 saturated heterocycles. The number of methoxy groups -OCH3 is 1. The van der Waals surface area contributed by atoms with E-state index in [1.54, 1.807) is 0 Å². The minimum Gasteiger partial charge on any atom is -0.497 e. The minimum atomic E-state index is -4.24. The summed E-state index contributed by atoms with van der Waals surface area (Å²) in [4.78, 5) is 0.172. The zero-order chi connectivity index (χ0) is 35.6. The van der Waals surface area contributed by atoms with Gasteiger partial charge in [-0.2, -0.15) is 5.10 Å². The van der Waals surface area contributed by atoms with Crippen molar-refractivity contribution in [3.8, 4) is 5.75 Å². The van der Waals surface area contributed by atoms with E-state index in [2.05, 4.69) is 15.2 Å². The Balaban J connectivity index is 2.72. The molecule has 6 nitrogen and oxygen atoms in total. The number of guanidine groups is 1. The summed E-state index contributed by atoms with van der Waals surface area (Å²) in [6.07, 6.45) is -14.8. The van der Waals surface area contributed by atoms with E-state index < -0.39 is 109 Å². The second-order valence-electron chi connectivity index (χ2n) is 3.34. The highest BCUT2D eigenvalue weighted by Gasteiger charge is 2.03. The van der Waals surface area contributed by atoms with Gasteiger partial charge >= 0.3 is 0 Å². The first-order chi connectivity index (χ1) is 19.9. The molecule has 1 aromatic carbocycles. The molecule has 0 unspecified atom stereocenters. The molecule has 0 aliphatic rings. The Morgan fingerprint density at radius 2 is 2.77 bits per heavy atom. The van der Waals surface area contributed by atoms with Crippen molar-refractivity contribution in [1.82, 2.24) is 15.7 Å². The molecule has 1 heterocycles. The summed E-state index contributed by atoms with van der Waals surface area (Å²) in [6.45, 7) is -7.95. The van der Waals surface area contributed by atoms with Gasteiger partial charge in [0.05, 0.1) is 24.2 Å². The van der Waals surface area contributed by atoms with E-state index >= 15 is 0 Å². The van der Waals surface area contributed by atoms with Crippen molar-refractivity contribution in [3.05, 3.63) is 29.9 Å². The number of fused-ring (bicyclic) bond motifs is 1. The van der Waals surface area contributed by atoms with Crippen LogP contribution in [0.1, 0.15) is 57.6 Å². The van der Waals surface area contributed by atoms with Gasteiger partial charge in [0.1, 0.15) is 5.75 Å². The summed E-state index contributed by atoms with van der Waals surface area (Å²) in [6, 6.07) is -2.85. The van der Waals surface area contributed by atoms with Crippen molar-refractivity contribution in [3.63, 3.8) is 0 Å². The number of nitrogens with one attached hydrogen (secondary N) is 4. The number of aromatic nitrogens is 1. The lowest BCUT2D eigenvalue weighted by Gasteiger charge is -2.05. The van der Waals surface area contributed by atoms with Gasteiger partial charge in [-0.1, -0.05) is 19.6 Å². The Hall–Kier alpha value is -2.50. The molecule has 118 valence electrons. The number of hydrogen-bond acceptors (Lipinski definition) is 3. The van der Waals surface area contributed by atoms with Crippen LogP contribution in [0.5, 0.6) is 5.75 Å². The van der Waals surface area contributed by atoms with Gasteiger partial charge in [-0.05, 0) is 24.5 Å². The summed E-state index contributed by atoms with van der Waals surface area (Å²) >= 11 is 0. The molecule has 0 aliphatic heterocycles. The van der Waals surface area contributed by atoms with Crippen molar-refractivity contribution in [2.75, 3.05) is 13.5 Å². The highest BCUT2D eigenvalue weighted by atomic mass is 16.5. The molecule has 22 heavy (non-hydrogen) atoms. The van der Waals surface area contributed by atoms with Crippen LogP contribution >= 0.6 is 0 Å². The molecule has 0 atom stereocenters. The molecule has 1 aromatic heterocycles. The number of hydrogen-bond donors (Lipinski definition) is 4. The topological polar surface area (TPSA) is 85.3 Å². The number of aromatic amines is 1. The summed E-state index contributed by atoms with van der Waals surface area (Å²) < 4.78 is 183. The normalized spacial score (nSPS) is 31.4. The van der Waals surface area contributed by atoms with Crippen molar-refractivity contribution < 1.29 is 36.4 Å². The molecule has 4 N–H and O–H groups in total. The summed E-state index contributed by atoms with van der Waals surface area (Å²) in [5.74, 6) is -2.63. The van der Waals surface area contributed by atoms with Gasteiger partial charge in [-0.15, -0.1) is 0 Å². The maximum Gasteiger partial charge on any atom is 0.209 e. The van der Waals surface area contributed by atoms with Crippen molar-refractivity contribution in [2.24, 2.45) is 5.10 Å². The van der Waals surface area contributed by atoms with Crippen LogP contribution in [-0.4, -0.2) is 30.7 Å². The summed E-state index contributed by atoms with van der Waals surface area (Å²) in [5.41, 5.74) is -1.99. The molecule has 0 aliphatic carbocycles. The summed E-state index contributed by atoms with van der Waals surface area (Å²) in [7, 11) is -3.23. The largest absolute Gasteiger partial charge is 0.497 e. The Kier molecular flexibility index (Phi) is 1.29. The van der Waals surface area contributed by atoms with Crippen molar-refractivity contribution in [2.45, 2.75) is 26.0 Å². The van der Waals surface area contributed by atoms with E-state index in [1.807, 2.05) is 0 Å². The average molecular weight is 325 g/mol. The second-order valence-corrected chi connectivity index (χ2v) is 3.34. The third kappa shape index (κ3) is 4.25. The fourth-order valence-corrected chi connectivity index (χ4v) is 1.23. The minimum absolute atomic E-state index is 0.172. The van der Waals surface area contributed by atoms with Gasteiger partial charge in [0.15, 0.2) is 5.65 Å². The smallest absolute Gasteiger partial charge is 0.209 e. The molecule has 0 spiro atoms. The van der Waals surface area contributed by atoms with E-state index in [9.17, 15) is 0 Å². The average Bonchev–Trinajstić information content (AvgIpc) is 3.14. The summed E-state index contributed by atoms with van der Waals surface area (Å²) in [5, 5.41) is 4.47. The molecule has 0 fully saturated rings. The van der Waals surface area contributed by atoms with Crippen LogP contribution in [-0.2, 0) is 0 Å². The zero-order valence-corrected chi connectivity index (χ0v) is 10.6. The van der Waals surface area contributed by atoms with E-state index in [1.165, 1.54) is 0 Å². The van der Waals surface area contributed by atoms with Crippen molar-refractivity contribution in [1.29, 1.82) is 5.40 Å². The third-order valence-electron chi connectivity index (χ3n) is 2.04. The second kappa shape index (κ2) is 8.07. The Morgan fingerprint density at radius 3 is 3.64 bits per heavy atom. The maximum absolute atomic E-state index is 8.33. The Bertz CT molecular complexity index is 1520. The molecule has 2 aromatic rings. The lowest BCUT2D eigenvalue weighted by Crippen LogP contribution is -2.33. The molecule has 2 rings (SSSR count). The lowest BCUT2D eigenvalue weighted by atomic mass is 10.2. The fraction of sp³-hybridized carbons (Fsp3) is 0.375. The lowest BCUT2D eigenvalue weighted by molar-refractivity contribution is 0.415. The first kappa shape index (κ1) is 3.53. The standard InChI is InChI=1S/C16H23N5O/c1-3-4-5-8-18-16(17)21-20-11-12-10-19-15-7-6-13(22-2)9-14(12)15/h6-7,9-11,19H,3-5,8H2,1-2H3,(H3,17,18,21)/b20-11+/i1D3,2D3,3D2,4D2,5D2,6D,7D,8D2,9D,10D,11D/hD4. The van der Waals surface area contributed by atoms with Gasteiger partial charge in [0, 0.05) is 44.2 Å². The predicted molar refractivity (Wildman–Crippen MR) is 90.8 cm³/mol. The fourth-order valence-electron chi connectivity index (χ4n) is 1.23. The van der Waals surface area contributed by atoms with Gasteiger partial charge in [-0.25, -0.2) is 5.42 Å². The number of benzene rings is 1. The zero-order valence-electron chi connectivity index (χ0n) is 33.6. The van der Waals surface area contributed by atoms with Gasteiger partial charge in [0.25, 0.3) is 0 Å². The van der Waals surface area contributed by atoms with Crippen LogP contribution < -0.4 is 15.5 Å².